The first kappa shape index (κ1) is 15.2. The number of nitrogens with one attached hydrogen (secondary N) is 1. The second kappa shape index (κ2) is 8.38. The Bertz CT molecular complexity index is 195. The smallest absolute Gasteiger partial charge is 0.389 e. The van der Waals surface area contributed by atoms with Crippen molar-refractivity contribution in [1.82, 2.24) is 5.32 Å². The minimum Gasteiger partial charge on any atom is -0.469 e. The van der Waals surface area contributed by atoms with E-state index in [1.54, 1.807) is 0 Å². The molecule has 0 fully saturated rings. The van der Waals surface area contributed by atoms with Crippen LogP contribution in [0.25, 0.3) is 0 Å². The predicted molar refractivity (Wildman–Crippen MR) is 54.0 cm³/mol. The maximum atomic E-state index is 11.7. The standard InChI is InChI=1S/C10H18F3NO2/c1-16-9(15)5-4-8-14-7-3-2-6-10(11,12)13/h14H,2-8H2,1H3. The van der Waals surface area contributed by atoms with E-state index in [0.717, 1.165) is 0 Å². The summed E-state index contributed by atoms with van der Waals surface area (Å²) >= 11 is 0. The van der Waals surface area contributed by atoms with Gasteiger partial charge in [-0.25, -0.2) is 0 Å². The van der Waals surface area contributed by atoms with Gasteiger partial charge in [0.2, 0.25) is 0 Å². The number of hydrogen-bond donors (Lipinski definition) is 1. The molecular weight excluding hydrogens is 223 g/mol. The van der Waals surface area contributed by atoms with E-state index >= 15 is 0 Å². The summed E-state index contributed by atoms with van der Waals surface area (Å²) in [4.78, 5) is 10.7. The van der Waals surface area contributed by atoms with Gasteiger partial charge in [-0.05, 0) is 32.4 Å². The highest BCUT2D eigenvalue weighted by Gasteiger charge is 2.25. The van der Waals surface area contributed by atoms with Crippen molar-refractivity contribution >= 4 is 5.97 Å². The lowest BCUT2D eigenvalue weighted by Gasteiger charge is -2.06. The lowest BCUT2D eigenvalue weighted by atomic mass is 10.2. The third-order valence-electron chi connectivity index (χ3n) is 2.03. The average Bonchev–Trinajstić information content (AvgIpc) is 2.20. The molecule has 0 heterocycles. The fraction of sp³-hybridized carbons (Fsp3) is 0.900. The lowest BCUT2D eigenvalue weighted by Crippen LogP contribution is -2.18. The van der Waals surface area contributed by atoms with E-state index in [0.29, 0.717) is 32.4 Å². The maximum absolute atomic E-state index is 11.7. The molecule has 0 rings (SSSR count). The van der Waals surface area contributed by atoms with E-state index < -0.39 is 12.6 Å². The molecular formula is C10H18F3NO2. The summed E-state index contributed by atoms with van der Waals surface area (Å²) in [6, 6.07) is 0. The molecule has 0 amide bonds. The van der Waals surface area contributed by atoms with Crippen LogP contribution in [0.4, 0.5) is 13.2 Å². The van der Waals surface area contributed by atoms with Crippen LogP contribution in [0.1, 0.15) is 32.1 Å². The quantitative estimate of drug-likeness (QED) is 0.523. The second-order valence-electron chi connectivity index (χ2n) is 3.50. The molecule has 0 saturated carbocycles. The zero-order chi connectivity index (χ0) is 12.4. The van der Waals surface area contributed by atoms with Gasteiger partial charge in [0.25, 0.3) is 0 Å². The largest absolute Gasteiger partial charge is 0.469 e. The van der Waals surface area contributed by atoms with E-state index in [-0.39, 0.29) is 12.4 Å². The Hall–Kier alpha value is -0.780. The maximum Gasteiger partial charge on any atom is 0.389 e. The molecule has 0 aliphatic heterocycles. The number of alkyl halides is 3. The molecule has 0 aromatic heterocycles. The van der Waals surface area contributed by atoms with Crippen molar-refractivity contribution in [2.24, 2.45) is 0 Å². The molecule has 0 bridgehead atoms. The van der Waals surface area contributed by atoms with Crippen molar-refractivity contribution in [3.05, 3.63) is 0 Å². The Morgan fingerprint density at radius 1 is 1.19 bits per heavy atom. The molecule has 0 atom stereocenters. The van der Waals surface area contributed by atoms with Gasteiger partial charge in [-0.15, -0.1) is 0 Å². The topological polar surface area (TPSA) is 38.3 Å². The number of hydrogen-bond acceptors (Lipinski definition) is 3. The van der Waals surface area contributed by atoms with Crippen LogP contribution in [0.5, 0.6) is 0 Å². The molecule has 16 heavy (non-hydrogen) atoms. The minimum atomic E-state index is -4.05. The number of carbonyl (C=O) groups excluding carboxylic acids is 1. The molecule has 0 radical (unpaired) electrons. The van der Waals surface area contributed by atoms with Crippen LogP contribution in [0.15, 0.2) is 0 Å². The molecule has 0 aliphatic carbocycles. The van der Waals surface area contributed by atoms with Gasteiger partial charge in [0, 0.05) is 12.8 Å². The van der Waals surface area contributed by atoms with Crippen molar-refractivity contribution in [2.75, 3.05) is 20.2 Å². The first-order valence-corrected chi connectivity index (χ1v) is 5.30. The van der Waals surface area contributed by atoms with Crippen molar-refractivity contribution in [3.8, 4) is 0 Å². The van der Waals surface area contributed by atoms with Gasteiger partial charge in [0.1, 0.15) is 0 Å². The van der Waals surface area contributed by atoms with Crippen LogP contribution in [0, 0.1) is 0 Å². The van der Waals surface area contributed by atoms with Crippen molar-refractivity contribution in [1.29, 1.82) is 0 Å². The zero-order valence-corrected chi connectivity index (χ0v) is 9.40. The summed E-state index contributed by atoms with van der Waals surface area (Å²) in [5.74, 6) is -0.265. The third kappa shape index (κ3) is 11.3. The Balaban J connectivity index is 3.13. The van der Waals surface area contributed by atoms with Crippen molar-refractivity contribution in [2.45, 2.75) is 38.3 Å². The molecule has 0 aromatic carbocycles. The Labute approximate surface area is 93.3 Å². The Kier molecular flexibility index (Phi) is 7.97. The number of carbonyl (C=O) groups is 1. The van der Waals surface area contributed by atoms with Crippen LogP contribution in [-0.2, 0) is 9.53 Å². The summed E-state index contributed by atoms with van der Waals surface area (Å²) in [6.07, 6.45) is -3.15. The van der Waals surface area contributed by atoms with Gasteiger partial charge in [0.15, 0.2) is 0 Å². The normalized spacial score (nSPS) is 11.5. The molecule has 0 spiro atoms. The van der Waals surface area contributed by atoms with Gasteiger partial charge in [-0.2, -0.15) is 13.2 Å². The number of ether oxygens (including phenoxy) is 1. The molecule has 0 unspecified atom stereocenters. The number of methoxy groups -OCH3 is 1. The first-order valence-electron chi connectivity index (χ1n) is 5.30. The van der Waals surface area contributed by atoms with Crippen LogP contribution in [0.2, 0.25) is 0 Å². The van der Waals surface area contributed by atoms with Crippen LogP contribution < -0.4 is 5.32 Å². The fourth-order valence-corrected chi connectivity index (χ4v) is 1.16. The zero-order valence-electron chi connectivity index (χ0n) is 9.40. The first-order chi connectivity index (χ1) is 7.45. The third-order valence-corrected chi connectivity index (χ3v) is 2.03. The van der Waals surface area contributed by atoms with Gasteiger partial charge < -0.3 is 10.1 Å². The number of halogens is 3. The minimum absolute atomic E-state index is 0.146. The Morgan fingerprint density at radius 2 is 1.81 bits per heavy atom. The Morgan fingerprint density at radius 3 is 2.38 bits per heavy atom. The van der Waals surface area contributed by atoms with Gasteiger partial charge in [0.05, 0.1) is 7.11 Å². The summed E-state index contributed by atoms with van der Waals surface area (Å²) in [5.41, 5.74) is 0. The van der Waals surface area contributed by atoms with Crippen LogP contribution in [-0.4, -0.2) is 32.3 Å². The van der Waals surface area contributed by atoms with Crippen molar-refractivity contribution in [3.63, 3.8) is 0 Å². The van der Waals surface area contributed by atoms with Crippen molar-refractivity contribution < 1.29 is 22.7 Å². The van der Waals surface area contributed by atoms with E-state index in [9.17, 15) is 18.0 Å². The molecule has 0 aromatic rings. The van der Waals surface area contributed by atoms with E-state index in [2.05, 4.69) is 10.1 Å². The summed E-state index contributed by atoms with van der Waals surface area (Å²) in [6.45, 7) is 1.18. The van der Waals surface area contributed by atoms with Crippen LogP contribution >= 0.6 is 0 Å². The van der Waals surface area contributed by atoms with Gasteiger partial charge >= 0.3 is 12.1 Å². The highest BCUT2D eigenvalue weighted by Crippen LogP contribution is 2.21. The SMILES string of the molecule is COC(=O)CCCNCCCCC(F)(F)F. The number of esters is 1. The van der Waals surface area contributed by atoms with E-state index in [4.69, 9.17) is 0 Å². The monoisotopic (exact) mass is 241 g/mol. The van der Waals surface area contributed by atoms with E-state index in [1.165, 1.54) is 7.11 Å². The van der Waals surface area contributed by atoms with E-state index in [1.807, 2.05) is 0 Å². The highest BCUT2D eigenvalue weighted by molar-refractivity contribution is 5.68. The van der Waals surface area contributed by atoms with Gasteiger partial charge in [-0.3, -0.25) is 4.79 Å². The highest BCUT2D eigenvalue weighted by atomic mass is 19.4. The number of unbranched alkanes of at least 4 members (excludes halogenated alkanes) is 1. The average molecular weight is 241 g/mol. The molecule has 96 valence electrons. The lowest BCUT2D eigenvalue weighted by molar-refractivity contribution is -0.140. The summed E-state index contributed by atoms with van der Waals surface area (Å²) < 4.78 is 39.7. The molecule has 3 nitrogen and oxygen atoms in total. The second-order valence-corrected chi connectivity index (χ2v) is 3.50. The molecule has 0 saturated heterocycles. The summed E-state index contributed by atoms with van der Waals surface area (Å²) in [7, 11) is 1.33. The van der Waals surface area contributed by atoms with Gasteiger partial charge in [-0.1, -0.05) is 0 Å². The molecule has 6 heteroatoms. The molecule has 0 aliphatic rings. The summed E-state index contributed by atoms with van der Waals surface area (Å²) in [5, 5.41) is 2.98. The molecule has 1 N–H and O–H groups in total. The van der Waals surface area contributed by atoms with Crippen LogP contribution in [0.3, 0.4) is 0 Å². The predicted octanol–water partition coefficient (Wildman–Crippen LogP) is 2.26. The fourth-order valence-electron chi connectivity index (χ4n) is 1.16. The number of rotatable bonds is 8.